The molecule has 0 radical (unpaired) electrons. The molecule has 0 bridgehead atoms. The van der Waals surface area contributed by atoms with Crippen LogP contribution in [0.25, 0.3) is 10.1 Å². The summed E-state index contributed by atoms with van der Waals surface area (Å²) in [6.45, 7) is 0. The van der Waals surface area contributed by atoms with Gasteiger partial charge in [0.15, 0.2) is 7.29 Å². The van der Waals surface area contributed by atoms with E-state index in [9.17, 15) is 4.57 Å². The van der Waals surface area contributed by atoms with Gasteiger partial charge in [-0.15, -0.1) is 0 Å². The van der Waals surface area contributed by atoms with Crippen molar-refractivity contribution in [1.82, 2.24) is 4.67 Å². The molecule has 1 fully saturated rings. The summed E-state index contributed by atoms with van der Waals surface area (Å²) >= 11 is 13.2. The van der Waals surface area contributed by atoms with Crippen molar-refractivity contribution in [2.24, 2.45) is 0 Å². The predicted molar refractivity (Wildman–Crippen MR) is 123 cm³/mol. The van der Waals surface area contributed by atoms with E-state index in [1.165, 1.54) is 19.3 Å². The molecule has 1 aliphatic carbocycles. The van der Waals surface area contributed by atoms with E-state index in [0.717, 1.165) is 24.0 Å². The van der Waals surface area contributed by atoms with Crippen molar-refractivity contribution in [3.05, 3.63) is 83.4 Å². The summed E-state index contributed by atoms with van der Waals surface area (Å²) in [4.78, 5) is 0. The van der Waals surface area contributed by atoms with Crippen LogP contribution in [-0.2, 0) is 4.57 Å². The molecule has 0 heterocycles. The molecule has 28 heavy (non-hydrogen) atoms. The average molecular weight is 434 g/mol. The molecule has 1 aliphatic rings. The van der Waals surface area contributed by atoms with E-state index in [-0.39, 0.29) is 6.04 Å². The fourth-order valence-electron chi connectivity index (χ4n) is 3.60. The number of hydrogen-bond acceptors (Lipinski definition) is 1. The lowest BCUT2D eigenvalue weighted by Gasteiger charge is -2.34. The van der Waals surface area contributed by atoms with Crippen molar-refractivity contribution in [3.63, 3.8) is 0 Å². The molecule has 1 saturated carbocycles. The van der Waals surface area contributed by atoms with Gasteiger partial charge in [0.05, 0.1) is 10.1 Å². The highest BCUT2D eigenvalue weighted by atomic mass is 35.5. The molecule has 0 amide bonds. The van der Waals surface area contributed by atoms with E-state index in [2.05, 4.69) is 0 Å². The summed E-state index contributed by atoms with van der Waals surface area (Å²) in [5.41, 5.74) is 1.70. The van der Waals surface area contributed by atoms with Gasteiger partial charge in [-0.1, -0.05) is 103 Å². The van der Waals surface area contributed by atoms with E-state index >= 15 is 0 Å². The summed E-state index contributed by atoms with van der Waals surface area (Å²) in [5.74, 6) is 3.40. The second-order valence-corrected chi connectivity index (χ2v) is 10.5. The van der Waals surface area contributed by atoms with Gasteiger partial charge in [0.25, 0.3) is 0 Å². The lowest BCUT2D eigenvalue weighted by atomic mass is 9.96. The second kappa shape index (κ2) is 9.94. The van der Waals surface area contributed by atoms with Crippen LogP contribution in [0, 0.1) is 0 Å². The number of benzene rings is 2. The van der Waals surface area contributed by atoms with E-state index in [4.69, 9.17) is 23.2 Å². The topological polar surface area (TPSA) is 20.3 Å². The number of nitrogens with zero attached hydrogens (tertiary/aromatic N) is 1. The highest BCUT2D eigenvalue weighted by Crippen LogP contribution is 2.58. The fraction of sp³-hybridized carbons (Fsp3) is 0.304. The molecule has 0 atom stereocenters. The first-order valence-corrected chi connectivity index (χ1v) is 12.3. The molecule has 0 spiro atoms. The Morgan fingerprint density at radius 2 is 1.29 bits per heavy atom. The number of hydrogen-bond donors (Lipinski definition) is 0. The van der Waals surface area contributed by atoms with Gasteiger partial charge >= 0.3 is 0 Å². The Kier molecular flexibility index (Phi) is 7.60. The third kappa shape index (κ3) is 5.39. The normalized spacial score (nSPS) is 17.1. The molecule has 2 aromatic rings. The highest BCUT2D eigenvalue weighted by molar-refractivity contribution is 7.68. The van der Waals surface area contributed by atoms with Crippen LogP contribution in [0.1, 0.15) is 43.2 Å². The largest absolute Gasteiger partial charge is 0.297 e. The van der Waals surface area contributed by atoms with Gasteiger partial charge in [0.1, 0.15) is 0 Å². The Morgan fingerprint density at radius 1 is 0.857 bits per heavy atom. The standard InChI is InChI=1S/C23H26Cl2NOP/c1-26(21-15-9-4-10-16-21)28(27,17-22(24)19-11-5-2-6-12-19)18-23(25)20-13-7-3-8-14-20/h2-3,5-8,11-14,17-18,21H,4,9-10,15-16H2,1H3/b22-17-,23-18-. The van der Waals surface area contributed by atoms with E-state index < -0.39 is 7.29 Å². The maximum atomic E-state index is 14.2. The molecular weight excluding hydrogens is 408 g/mol. The van der Waals surface area contributed by atoms with Crippen molar-refractivity contribution in [2.45, 2.75) is 38.1 Å². The molecule has 2 aromatic carbocycles. The van der Waals surface area contributed by atoms with Gasteiger partial charge in [-0.25, -0.2) is 4.67 Å². The van der Waals surface area contributed by atoms with Gasteiger partial charge in [-0.05, 0) is 31.0 Å². The van der Waals surface area contributed by atoms with Gasteiger partial charge < -0.3 is 0 Å². The molecule has 3 rings (SSSR count). The lowest BCUT2D eigenvalue weighted by Crippen LogP contribution is -2.30. The van der Waals surface area contributed by atoms with Crippen molar-refractivity contribution < 1.29 is 4.57 Å². The summed E-state index contributed by atoms with van der Waals surface area (Å²) < 4.78 is 16.2. The van der Waals surface area contributed by atoms with Gasteiger partial charge in [0, 0.05) is 17.7 Å². The van der Waals surface area contributed by atoms with Crippen molar-refractivity contribution in [3.8, 4) is 0 Å². The quantitative estimate of drug-likeness (QED) is 0.429. The van der Waals surface area contributed by atoms with Crippen molar-refractivity contribution in [1.29, 1.82) is 0 Å². The van der Waals surface area contributed by atoms with Gasteiger partial charge in [-0.2, -0.15) is 0 Å². The minimum atomic E-state index is -3.08. The highest BCUT2D eigenvalue weighted by Gasteiger charge is 2.31. The first-order valence-electron chi connectivity index (χ1n) is 9.70. The SMILES string of the molecule is CN(C1CCCCC1)P(=O)(/C=C(\Cl)c1ccccc1)/C=C(\Cl)c1ccccc1. The van der Waals surface area contributed by atoms with E-state index in [0.29, 0.717) is 10.1 Å². The van der Waals surface area contributed by atoms with Crippen molar-refractivity contribution in [2.75, 3.05) is 7.05 Å². The first kappa shape index (κ1) is 21.4. The zero-order chi connectivity index (χ0) is 20.0. The zero-order valence-electron chi connectivity index (χ0n) is 16.1. The summed E-state index contributed by atoms with van der Waals surface area (Å²) in [6, 6.07) is 19.5. The Morgan fingerprint density at radius 3 is 1.71 bits per heavy atom. The molecule has 2 nitrogen and oxygen atoms in total. The van der Waals surface area contributed by atoms with E-state index in [1.54, 1.807) is 11.6 Å². The van der Waals surface area contributed by atoms with E-state index in [1.807, 2.05) is 72.4 Å². The molecule has 0 unspecified atom stereocenters. The minimum Gasteiger partial charge on any atom is -0.297 e. The minimum absolute atomic E-state index is 0.271. The number of halogens is 2. The Balaban J connectivity index is 2.01. The molecule has 5 heteroatoms. The molecule has 0 N–H and O–H groups in total. The summed E-state index contributed by atoms with van der Waals surface area (Å²) in [6.07, 6.45) is 5.68. The second-order valence-electron chi connectivity index (χ2n) is 7.22. The number of rotatable bonds is 6. The lowest BCUT2D eigenvalue weighted by molar-refractivity contribution is 0.288. The van der Waals surface area contributed by atoms with Crippen LogP contribution in [0.2, 0.25) is 0 Å². The van der Waals surface area contributed by atoms with Crippen LogP contribution in [0.3, 0.4) is 0 Å². The molecular formula is C23H26Cl2NOP. The van der Waals surface area contributed by atoms with Gasteiger partial charge in [0.2, 0.25) is 0 Å². The third-order valence-electron chi connectivity index (χ3n) is 5.29. The smallest absolute Gasteiger partial charge is 0.196 e. The predicted octanol–water partition coefficient (Wildman–Crippen LogP) is 8.00. The zero-order valence-corrected chi connectivity index (χ0v) is 18.5. The van der Waals surface area contributed by atoms with Crippen LogP contribution in [0.5, 0.6) is 0 Å². The Hall–Kier alpha value is -1.31. The molecule has 0 saturated heterocycles. The molecule has 0 aliphatic heterocycles. The molecule has 148 valence electrons. The Labute approximate surface area is 178 Å². The first-order chi connectivity index (χ1) is 13.5. The van der Waals surface area contributed by atoms with Crippen LogP contribution < -0.4 is 0 Å². The maximum absolute atomic E-state index is 14.2. The van der Waals surface area contributed by atoms with Crippen LogP contribution in [-0.4, -0.2) is 17.8 Å². The van der Waals surface area contributed by atoms with Crippen LogP contribution in [0.15, 0.2) is 72.3 Å². The molecule has 0 aromatic heterocycles. The monoisotopic (exact) mass is 433 g/mol. The van der Waals surface area contributed by atoms with Crippen molar-refractivity contribution >= 4 is 40.6 Å². The summed E-state index contributed by atoms with van der Waals surface area (Å²) in [7, 11) is -1.14. The fourth-order valence-corrected chi connectivity index (χ4v) is 6.82. The summed E-state index contributed by atoms with van der Waals surface area (Å²) in [5, 5.41) is 0.973. The average Bonchev–Trinajstić information content (AvgIpc) is 2.75. The van der Waals surface area contributed by atoms with Crippen LogP contribution >= 0.6 is 30.5 Å². The Bertz CT molecular complexity index is 814. The third-order valence-corrected chi connectivity index (χ3v) is 8.82. The maximum Gasteiger partial charge on any atom is 0.196 e. The van der Waals surface area contributed by atoms with Gasteiger partial charge in [-0.3, -0.25) is 4.57 Å². The van der Waals surface area contributed by atoms with Crippen LogP contribution in [0.4, 0.5) is 0 Å².